The van der Waals surface area contributed by atoms with Crippen molar-refractivity contribution in [1.29, 1.82) is 0 Å². The Morgan fingerprint density at radius 3 is 1.62 bits per heavy atom. The molecule has 0 radical (unpaired) electrons. The van der Waals surface area contributed by atoms with Crippen LogP contribution in [0.1, 0.15) is 58.4 Å². The van der Waals surface area contributed by atoms with Crippen LogP contribution < -0.4 is 9.80 Å². The molecule has 6 heteroatoms. The van der Waals surface area contributed by atoms with E-state index in [1.165, 1.54) is 50.3 Å². The third-order valence-electron chi connectivity index (χ3n) is 7.58. The molecule has 0 bridgehead atoms. The monoisotopic (exact) mass is 653 g/mol. The van der Waals surface area contributed by atoms with Crippen LogP contribution in [0.15, 0.2) is 48.5 Å². The molecule has 0 aromatic heterocycles. The Labute approximate surface area is 246 Å². The molecule has 1 saturated heterocycles. The number of benzene rings is 3. The van der Waals surface area contributed by atoms with Crippen LogP contribution in [-0.2, 0) is 18.4 Å². The zero-order chi connectivity index (χ0) is 28.5. The Morgan fingerprint density at radius 1 is 0.744 bits per heavy atom. The van der Waals surface area contributed by atoms with Crippen LogP contribution in [-0.4, -0.2) is 40.0 Å². The fourth-order valence-electron chi connectivity index (χ4n) is 6.03. The number of halogens is 2. The summed E-state index contributed by atoms with van der Waals surface area (Å²) < 4.78 is 3.29. The SMILES string of the molecule is CCN(CC)Cc1ccccc1[CH]=[Ru]([Cl])([Cl])=[C]1N(c2c(C)cc(C)cc2C)CCN1c1c(C)cc(C)cc1C. The molecule has 0 aliphatic carbocycles. The molecule has 1 heterocycles. The topological polar surface area (TPSA) is 9.72 Å². The van der Waals surface area contributed by atoms with Gasteiger partial charge in [-0.05, 0) is 0 Å². The predicted molar refractivity (Wildman–Crippen MR) is 171 cm³/mol. The Balaban J connectivity index is 2.01. The van der Waals surface area contributed by atoms with Gasteiger partial charge in [-0.1, -0.05) is 0 Å². The predicted octanol–water partition coefficient (Wildman–Crippen LogP) is 8.10. The van der Waals surface area contributed by atoms with Crippen LogP contribution >= 0.6 is 19.4 Å². The number of rotatable bonds is 7. The van der Waals surface area contributed by atoms with Crippen molar-refractivity contribution in [2.24, 2.45) is 0 Å². The fraction of sp³-hybridized carbons (Fsp3) is 0.394. The summed E-state index contributed by atoms with van der Waals surface area (Å²) in [6, 6.07) is 17.7. The normalized spacial score (nSPS) is 14.5. The summed E-state index contributed by atoms with van der Waals surface area (Å²) in [4.78, 5) is 7.29. The van der Waals surface area contributed by atoms with Crippen molar-refractivity contribution in [1.82, 2.24) is 4.90 Å². The first-order chi connectivity index (χ1) is 18.5. The summed E-state index contributed by atoms with van der Waals surface area (Å²) in [5, 5.41) is 0. The maximum absolute atomic E-state index is 7.66. The van der Waals surface area contributed by atoms with Crippen molar-refractivity contribution in [3.63, 3.8) is 0 Å². The van der Waals surface area contributed by atoms with E-state index in [0.29, 0.717) is 0 Å². The number of anilines is 2. The summed E-state index contributed by atoms with van der Waals surface area (Å²) in [6.45, 7) is 22.2. The minimum atomic E-state index is -3.58. The maximum atomic E-state index is 7.66. The average molecular weight is 654 g/mol. The number of aryl methyl sites for hydroxylation is 6. The van der Waals surface area contributed by atoms with Crippen molar-refractivity contribution >= 4 is 39.7 Å². The van der Waals surface area contributed by atoms with E-state index in [-0.39, 0.29) is 0 Å². The molecule has 1 aliphatic rings. The van der Waals surface area contributed by atoms with Gasteiger partial charge in [0.05, 0.1) is 0 Å². The van der Waals surface area contributed by atoms with Crippen LogP contribution in [0.2, 0.25) is 0 Å². The third kappa shape index (κ3) is 6.41. The summed E-state index contributed by atoms with van der Waals surface area (Å²) in [7, 11) is 15.3. The van der Waals surface area contributed by atoms with E-state index in [1.807, 2.05) is 0 Å². The van der Waals surface area contributed by atoms with Crippen LogP contribution in [0.4, 0.5) is 11.4 Å². The molecule has 0 spiro atoms. The minimum absolute atomic E-state index is 0.851. The molecule has 3 aromatic carbocycles. The van der Waals surface area contributed by atoms with E-state index in [9.17, 15) is 0 Å². The second-order valence-corrected chi connectivity index (χ2v) is 20.0. The first-order valence-electron chi connectivity index (χ1n) is 13.8. The van der Waals surface area contributed by atoms with Crippen LogP contribution in [0, 0.1) is 41.5 Å². The van der Waals surface area contributed by atoms with E-state index >= 15 is 0 Å². The van der Waals surface area contributed by atoms with Gasteiger partial charge in [-0.25, -0.2) is 0 Å². The van der Waals surface area contributed by atoms with E-state index < -0.39 is 11.9 Å². The van der Waals surface area contributed by atoms with Crippen molar-refractivity contribution < 1.29 is 11.9 Å². The summed E-state index contributed by atoms with van der Waals surface area (Å²) >= 11 is -3.58. The van der Waals surface area contributed by atoms with Gasteiger partial charge in [-0.3, -0.25) is 0 Å². The van der Waals surface area contributed by atoms with E-state index in [2.05, 4.69) is 123 Å². The molecule has 39 heavy (non-hydrogen) atoms. The van der Waals surface area contributed by atoms with Gasteiger partial charge in [0.2, 0.25) is 0 Å². The third-order valence-corrected chi connectivity index (χ3v) is 13.1. The van der Waals surface area contributed by atoms with E-state index in [1.54, 1.807) is 0 Å². The summed E-state index contributed by atoms with van der Waals surface area (Å²) in [5.74, 6) is 0. The molecular formula is C33H43Cl2N3Ru. The first kappa shape index (κ1) is 30.1. The molecule has 3 aromatic rings. The van der Waals surface area contributed by atoms with Gasteiger partial charge >= 0.3 is 247 Å². The van der Waals surface area contributed by atoms with Crippen molar-refractivity contribution in [2.75, 3.05) is 36.0 Å². The van der Waals surface area contributed by atoms with Crippen molar-refractivity contribution in [3.8, 4) is 0 Å². The van der Waals surface area contributed by atoms with Crippen LogP contribution in [0.5, 0.6) is 0 Å². The van der Waals surface area contributed by atoms with Crippen LogP contribution in [0.3, 0.4) is 0 Å². The quantitative estimate of drug-likeness (QED) is 0.239. The fourth-order valence-corrected chi connectivity index (χ4v) is 12.1. The second-order valence-electron chi connectivity index (χ2n) is 10.8. The van der Waals surface area contributed by atoms with Gasteiger partial charge in [0.25, 0.3) is 0 Å². The Morgan fingerprint density at radius 2 is 1.18 bits per heavy atom. The van der Waals surface area contributed by atoms with E-state index in [0.717, 1.165) is 42.6 Å². The van der Waals surface area contributed by atoms with Gasteiger partial charge < -0.3 is 0 Å². The molecule has 0 N–H and O–H groups in total. The molecule has 212 valence electrons. The van der Waals surface area contributed by atoms with E-state index in [4.69, 9.17) is 19.4 Å². The molecule has 4 rings (SSSR count). The number of nitrogens with zero attached hydrogens (tertiary/aromatic N) is 3. The molecule has 0 saturated carbocycles. The number of hydrogen-bond donors (Lipinski definition) is 0. The van der Waals surface area contributed by atoms with Gasteiger partial charge in [0.1, 0.15) is 0 Å². The van der Waals surface area contributed by atoms with Gasteiger partial charge in [-0.2, -0.15) is 0 Å². The van der Waals surface area contributed by atoms with Crippen molar-refractivity contribution in [2.45, 2.75) is 61.9 Å². The summed E-state index contributed by atoms with van der Waals surface area (Å²) in [5.41, 5.74) is 12.5. The Kier molecular flexibility index (Phi) is 9.54. The molecule has 1 aliphatic heterocycles. The van der Waals surface area contributed by atoms with Gasteiger partial charge in [0.15, 0.2) is 0 Å². The molecule has 0 unspecified atom stereocenters. The Hall–Kier alpha value is -1.84. The zero-order valence-corrected chi connectivity index (χ0v) is 27.9. The Bertz CT molecular complexity index is 1380. The molecule has 0 atom stereocenters. The first-order valence-corrected chi connectivity index (χ1v) is 20.2. The van der Waals surface area contributed by atoms with Gasteiger partial charge in [-0.15, -0.1) is 0 Å². The second kappa shape index (κ2) is 12.4. The molecule has 0 amide bonds. The van der Waals surface area contributed by atoms with Crippen LogP contribution in [0.25, 0.3) is 0 Å². The standard InChI is InChI=1S/C21H26N2.C12H17N.2ClH.Ru/c1-14-9-16(3)20(17(4)10-14)22-7-8-23(13-22)21-18(5)11-15(2)12-19(21)6;1-4-13(5-2)10-12-9-7-6-8-11(12)3;;;/h9-12H,7-8H2,1-6H3;3,6-9H,4-5,10H2,1-2H3;2*1H;/q;;;;+2/p-2. The molecule has 1 fully saturated rings. The molecular weight excluding hydrogens is 610 g/mol. The van der Waals surface area contributed by atoms with Gasteiger partial charge in [0, 0.05) is 0 Å². The average Bonchev–Trinajstić information content (AvgIpc) is 3.27. The zero-order valence-electron chi connectivity index (χ0n) is 24.7. The molecule has 3 nitrogen and oxygen atoms in total. The summed E-state index contributed by atoms with van der Waals surface area (Å²) in [6.07, 6.45) is 0. The number of hydrogen-bond acceptors (Lipinski definition) is 3. The van der Waals surface area contributed by atoms with Crippen molar-refractivity contribution in [3.05, 3.63) is 93.0 Å².